The van der Waals surface area contributed by atoms with E-state index < -0.39 is 0 Å². The monoisotopic (exact) mass is 299 g/mol. The van der Waals surface area contributed by atoms with E-state index in [1.165, 1.54) is 11.3 Å². The van der Waals surface area contributed by atoms with Crippen molar-refractivity contribution in [1.82, 2.24) is 15.1 Å². The average Bonchev–Trinajstić information content (AvgIpc) is 3.21. The topological polar surface area (TPSA) is 54.3 Å². The quantitative estimate of drug-likeness (QED) is 0.946. The van der Waals surface area contributed by atoms with E-state index in [4.69, 9.17) is 9.15 Å². The molecule has 0 aromatic carbocycles. The number of hydrogen-bond donors (Lipinski definition) is 1. The molecule has 2 aliphatic heterocycles. The molecule has 0 aliphatic carbocycles. The summed E-state index contributed by atoms with van der Waals surface area (Å²) in [6.45, 7) is 3.85. The lowest BCUT2D eigenvalue weighted by Crippen LogP contribution is -2.46. The minimum Gasteiger partial charge on any atom is -0.465 e. The third-order valence-corrected chi connectivity index (χ3v) is 4.78. The third kappa shape index (κ3) is 2.51. The minimum absolute atomic E-state index is 0.134. The molecule has 0 radical (unpaired) electrons. The molecule has 2 aliphatic rings. The zero-order chi connectivity index (χ0) is 14.8. The van der Waals surface area contributed by atoms with Crippen molar-refractivity contribution < 1.29 is 9.15 Å². The third-order valence-electron chi connectivity index (χ3n) is 4.78. The van der Waals surface area contributed by atoms with Gasteiger partial charge in [-0.15, -0.1) is 0 Å². The van der Waals surface area contributed by atoms with Gasteiger partial charge in [-0.1, -0.05) is 6.08 Å². The van der Waals surface area contributed by atoms with Crippen LogP contribution in [-0.4, -0.2) is 41.3 Å². The van der Waals surface area contributed by atoms with Gasteiger partial charge < -0.3 is 9.15 Å². The molecule has 2 aromatic heterocycles. The van der Waals surface area contributed by atoms with Crippen molar-refractivity contribution in [3.63, 3.8) is 0 Å². The first-order chi connectivity index (χ1) is 10.9. The van der Waals surface area contributed by atoms with E-state index in [0.29, 0.717) is 0 Å². The number of fused-ring (bicyclic) bond motifs is 2. The van der Waals surface area contributed by atoms with E-state index in [1.807, 2.05) is 24.4 Å². The maximum absolute atomic E-state index is 6.17. The Morgan fingerprint density at radius 1 is 1.36 bits per heavy atom. The van der Waals surface area contributed by atoms with Crippen molar-refractivity contribution in [3.8, 4) is 0 Å². The number of aromatic nitrogens is 2. The van der Waals surface area contributed by atoms with Crippen LogP contribution in [0.3, 0.4) is 0 Å². The zero-order valence-electron chi connectivity index (χ0n) is 12.6. The Balaban J connectivity index is 1.37. The molecule has 0 saturated carbocycles. The Morgan fingerprint density at radius 3 is 3.09 bits per heavy atom. The van der Waals surface area contributed by atoms with Crippen LogP contribution in [0.1, 0.15) is 29.9 Å². The largest absolute Gasteiger partial charge is 0.465 e. The molecule has 0 bridgehead atoms. The van der Waals surface area contributed by atoms with Gasteiger partial charge in [0.25, 0.3) is 0 Å². The van der Waals surface area contributed by atoms with Crippen LogP contribution in [0.25, 0.3) is 6.08 Å². The van der Waals surface area contributed by atoms with Gasteiger partial charge in [-0.3, -0.25) is 10.00 Å². The Morgan fingerprint density at radius 2 is 2.27 bits per heavy atom. The first-order valence-corrected chi connectivity index (χ1v) is 7.95. The molecule has 116 valence electrons. The van der Waals surface area contributed by atoms with Crippen LogP contribution in [0.5, 0.6) is 0 Å². The second-order valence-electron chi connectivity index (χ2n) is 6.08. The fraction of sp³-hybridized carbons (Fsp3) is 0.471. The van der Waals surface area contributed by atoms with Gasteiger partial charge in [0, 0.05) is 19.6 Å². The van der Waals surface area contributed by atoms with Gasteiger partial charge in [-0.2, -0.15) is 5.10 Å². The summed E-state index contributed by atoms with van der Waals surface area (Å²) in [5.74, 6) is 0.909. The fourth-order valence-corrected chi connectivity index (χ4v) is 3.52. The number of piperidine rings is 1. The molecule has 0 amide bonds. The lowest BCUT2D eigenvalue weighted by atomic mass is 9.84. The number of ether oxygens (including phenoxy) is 1. The molecular weight excluding hydrogens is 278 g/mol. The summed E-state index contributed by atoms with van der Waals surface area (Å²) < 4.78 is 11.5. The molecule has 22 heavy (non-hydrogen) atoms. The van der Waals surface area contributed by atoms with Gasteiger partial charge in [0.15, 0.2) is 0 Å². The van der Waals surface area contributed by atoms with Gasteiger partial charge in [0.05, 0.1) is 24.8 Å². The molecule has 5 nitrogen and oxygen atoms in total. The van der Waals surface area contributed by atoms with E-state index >= 15 is 0 Å². The van der Waals surface area contributed by atoms with Crippen molar-refractivity contribution in [3.05, 3.63) is 47.7 Å². The van der Waals surface area contributed by atoms with Crippen molar-refractivity contribution >= 4 is 6.08 Å². The number of aromatic amines is 1. The van der Waals surface area contributed by atoms with Crippen LogP contribution in [0.15, 0.2) is 35.1 Å². The lowest BCUT2D eigenvalue weighted by Gasteiger charge is -2.43. The van der Waals surface area contributed by atoms with Crippen molar-refractivity contribution in [2.45, 2.75) is 24.9 Å². The van der Waals surface area contributed by atoms with Gasteiger partial charge in [-0.05, 0) is 43.0 Å². The number of likely N-dealkylation sites (tertiary alicyclic amines) is 1. The molecule has 1 N–H and O–H groups in total. The van der Waals surface area contributed by atoms with Gasteiger partial charge in [0.2, 0.25) is 0 Å². The molecule has 0 unspecified atom stereocenters. The molecule has 1 saturated heterocycles. The second-order valence-corrected chi connectivity index (χ2v) is 6.08. The molecule has 1 spiro atoms. The Labute approximate surface area is 130 Å². The van der Waals surface area contributed by atoms with Crippen LogP contribution >= 0.6 is 0 Å². The van der Waals surface area contributed by atoms with Crippen molar-refractivity contribution in [2.75, 3.05) is 26.2 Å². The number of hydrogen-bond acceptors (Lipinski definition) is 4. The SMILES string of the molecule is C(=C\c1ccco1)/CN1CCC2(CC1)OCCc1cn[nH]c12. The van der Waals surface area contributed by atoms with Crippen LogP contribution in [-0.2, 0) is 16.8 Å². The maximum Gasteiger partial charge on any atom is 0.126 e. The Bertz CT molecular complexity index is 637. The Kier molecular flexibility index (Phi) is 3.60. The Hall–Kier alpha value is -1.85. The minimum atomic E-state index is -0.134. The highest BCUT2D eigenvalue weighted by Gasteiger charge is 2.41. The summed E-state index contributed by atoms with van der Waals surface area (Å²) in [7, 11) is 0. The normalized spacial score (nSPS) is 21.5. The summed E-state index contributed by atoms with van der Waals surface area (Å²) in [4.78, 5) is 2.46. The van der Waals surface area contributed by atoms with E-state index in [2.05, 4.69) is 21.2 Å². The second kappa shape index (κ2) is 5.74. The predicted molar refractivity (Wildman–Crippen MR) is 83.3 cm³/mol. The maximum atomic E-state index is 6.17. The predicted octanol–water partition coefficient (Wildman–Crippen LogP) is 2.58. The molecule has 4 heterocycles. The summed E-state index contributed by atoms with van der Waals surface area (Å²) in [5.41, 5.74) is 2.41. The summed E-state index contributed by atoms with van der Waals surface area (Å²) in [5, 5.41) is 7.39. The number of rotatable bonds is 3. The van der Waals surface area contributed by atoms with E-state index in [-0.39, 0.29) is 5.60 Å². The number of furan rings is 1. The van der Waals surface area contributed by atoms with Gasteiger partial charge in [-0.25, -0.2) is 0 Å². The first-order valence-electron chi connectivity index (χ1n) is 7.95. The van der Waals surface area contributed by atoms with E-state index in [0.717, 1.165) is 51.3 Å². The molecule has 1 fully saturated rings. The van der Waals surface area contributed by atoms with Crippen molar-refractivity contribution in [1.29, 1.82) is 0 Å². The highest BCUT2D eigenvalue weighted by Crippen LogP contribution is 2.40. The van der Waals surface area contributed by atoms with E-state index in [9.17, 15) is 0 Å². The summed E-state index contributed by atoms with van der Waals surface area (Å²) >= 11 is 0. The van der Waals surface area contributed by atoms with Crippen molar-refractivity contribution in [2.24, 2.45) is 0 Å². The number of nitrogens with one attached hydrogen (secondary N) is 1. The average molecular weight is 299 g/mol. The number of H-pyrrole nitrogens is 1. The first kappa shape index (κ1) is 13.8. The van der Waals surface area contributed by atoms with Crippen LogP contribution in [0, 0.1) is 0 Å². The lowest BCUT2D eigenvalue weighted by molar-refractivity contribution is -0.0993. The van der Waals surface area contributed by atoms with Crippen LogP contribution in [0.4, 0.5) is 0 Å². The summed E-state index contributed by atoms with van der Waals surface area (Å²) in [6, 6.07) is 3.88. The van der Waals surface area contributed by atoms with E-state index in [1.54, 1.807) is 6.26 Å². The van der Waals surface area contributed by atoms with Crippen LogP contribution in [0.2, 0.25) is 0 Å². The van der Waals surface area contributed by atoms with Crippen LogP contribution < -0.4 is 0 Å². The zero-order valence-corrected chi connectivity index (χ0v) is 12.6. The fourth-order valence-electron chi connectivity index (χ4n) is 3.52. The molecule has 0 atom stereocenters. The standard InChI is InChI=1S/C17H21N3O2/c1(3-15-4-2-11-21-15)8-20-9-6-17(7-10-20)16-14(5-12-22-17)13-18-19-16/h1-4,11,13H,5-10,12H2,(H,18,19)/b3-1+. The molecule has 2 aromatic rings. The molecular formula is C17H21N3O2. The smallest absolute Gasteiger partial charge is 0.126 e. The highest BCUT2D eigenvalue weighted by molar-refractivity contribution is 5.42. The van der Waals surface area contributed by atoms with Gasteiger partial charge in [0.1, 0.15) is 11.4 Å². The highest BCUT2D eigenvalue weighted by atomic mass is 16.5. The summed E-state index contributed by atoms with van der Waals surface area (Å²) in [6.07, 6.45) is 10.9. The van der Waals surface area contributed by atoms with Gasteiger partial charge >= 0.3 is 0 Å². The number of nitrogens with zero attached hydrogens (tertiary/aromatic N) is 2. The molecule has 5 heteroatoms. The molecule has 4 rings (SSSR count).